The molecule has 0 aliphatic heterocycles. The van der Waals surface area contributed by atoms with E-state index in [4.69, 9.17) is 19.7 Å². The molecule has 0 atom stereocenters. The van der Waals surface area contributed by atoms with E-state index in [1.807, 2.05) is 0 Å². The van der Waals surface area contributed by atoms with Crippen LogP contribution in [-0.2, 0) is 28.7 Å². The van der Waals surface area contributed by atoms with E-state index in [-0.39, 0.29) is 17.9 Å². The minimum absolute atomic E-state index is 0.0392. The van der Waals surface area contributed by atoms with Crippen LogP contribution in [0.25, 0.3) is 11.3 Å². The Balaban J connectivity index is 0.00000150. The second-order valence-corrected chi connectivity index (χ2v) is 7.18. The molecule has 36 heavy (non-hydrogen) atoms. The molecule has 2 aromatic rings. The lowest BCUT2D eigenvalue weighted by Gasteiger charge is -2.31. The molecule has 2 N–H and O–H groups in total. The lowest BCUT2D eigenvalue weighted by atomic mass is 10.1. The molecule has 2 rings (SSSR count). The fraction of sp³-hybridized carbons (Fsp3) is 0.375. The summed E-state index contributed by atoms with van der Waals surface area (Å²) < 4.78 is 39.4. The number of hydrogen-bond donors (Lipinski definition) is 2. The maximum absolute atomic E-state index is 15.3. The summed E-state index contributed by atoms with van der Waals surface area (Å²) in [4.78, 5) is 50.0. The van der Waals surface area contributed by atoms with Gasteiger partial charge >= 0.3 is 30.3 Å². The quantitative estimate of drug-likeness (QED) is 0.259. The van der Waals surface area contributed by atoms with Crippen LogP contribution in [0, 0.1) is 11.6 Å². The van der Waals surface area contributed by atoms with Crippen molar-refractivity contribution in [1.82, 2.24) is 4.98 Å². The standard InChI is InChI=1S/C20H18F2N2O8.C4H10/c1-2-24(20(31-16(29)9-14(25)26)32-17(30)10-15(27)28)13-7-6-11(21)18(19(13)22)12-5-3-4-8-23-12;1-3-4-2/h3-8,20H,2,9-10H2,1H3,(H,25,26)(H,27,28);3-4H2,1-2H3. The summed E-state index contributed by atoms with van der Waals surface area (Å²) in [5.74, 6) is -7.83. The first-order valence-corrected chi connectivity index (χ1v) is 11.0. The molecule has 0 spiro atoms. The third-order valence-electron chi connectivity index (χ3n) is 4.45. The van der Waals surface area contributed by atoms with E-state index in [2.05, 4.69) is 18.8 Å². The third kappa shape index (κ3) is 9.28. The van der Waals surface area contributed by atoms with Crippen LogP contribution in [-0.4, -0.2) is 52.0 Å². The van der Waals surface area contributed by atoms with Gasteiger partial charge < -0.3 is 24.6 Å². The highest BCUT2D eigenvalue weighted by atomic mass is 19.1. The zero-order chi connectivity index (χ0) is 27.3. The fourth-order valence-corrected chi connectivity index (χ4v) is 2.65. The number of carbonyl (C=O) groups is 4. The van der Waals surface area contributed by atoms with Crippen LogP contribution < -0.4 is 4.90 Å². The van der Waals surface area contributed by atoms with Gasteiger partial charge in [0, 0.05) is 12.7 Å². The van der Waals surface area contributed by atoms with E-state index in [0.717, 1.165) is 17.0 Å². The zero-order valence-corrected chi connectivity index (χ0v) is 20.1. The van der Waals surface area contributed by atoms with Crippen LogP contribution in [0.4, 0.5) is 14.5 Å². The van der Waals surface area contributed by atoms with Crippen molar-refractivity contribution in [2.75, 3.05) is 11.4 Å². The van der Waals surface area contributed by atoms with Crippen LogP contribution in [0.2, 0.25) is 0 Å². The van der Waals surface area contributed by atoms with Crippen molar-refractivity contribution in [3.8, 4) is 11.3 Å². The largest absolute Gasteiger partial charge is 0.481 e. The van der Waals surface area contributed by atoms with Gasteiger partial charge in [0.15, 0.2) is 5.82 Å². The number of unbranched alkanes of at least 4 members (excludes halogenated alkanes) is 1. The molecule has 12 heteroatoms. The summed E-state index contributed by atoms with van der Waals surface area (Å²) in [6.07, 6.45) is -0.260. The Morgan fingerprint density at radius 2 is 1.47 bits per heavy atom. The van der Waals surface area contributed by atoms with Crippen LogP contribution in [0.1, 0.15) is 46.5 Å². The Morgan fingerprint density at radius 3 is 1.89 bits per heavy atom. The summed E-state index contributed by atoms with van der Waals surface area (Å²) in [5.41, 5.74) is -0.914. The molecule has 196 valence electrons. The van der Waals surface area contributed by atoms with Crippen molar-refractivity contribution in [3.63, 3.8) is 0 Å². The third-order valence-corrected chi connectivity index (χ3v) is 4.45. The van der Waals surface area contributed by atoms with Gasteiger partial charge in [-0.1, -0.05) is 32.8 Å². The molecule has 0 bridgehead atoms. The molecule has 0 fully saturated rings. The maximum Gasteiger partial charge on any atom is 0.332 e. The van der Waals surface area contributed by atoms with E-state index in [1.54, 1.807) is 6.07 Å². The number of esters is 2. The highest BCUT2D eigenvalue weighted by molar-refractivity contribution is 5.91. The molecule has 0 unspecified atom stereocenters. The van der Waals surface area contributed by atoms with Gasteiger partial charge in [0.1, 0.15) is 18.7 Å². The molecule has 0 aliphatic carbocycles. The minimum atomic E-state index is -2.02. The number of hydrogen-bond acceptors (Lipinski definition) is 8. The van der Waals surface area contributed by atoms with Gasteiger partial charge in [-0.3, -0.25) is 24.2 Å². The summed E-state index contributed by atoms with van der Waals surface area (Å²) in [7, 11) is 0. The Morgan fingerprint density at radius 1 is 0.917 bits per heavy atom. The number of ether oxygens (including phenoxy) is 2. The second-order valence-electron chi connectivity index (χ2n) is 7.18. The van der Waals surface area contributed by atoms with Gasteiger partial charge in [-0.15, -0.1) is 0 Å². The van der Waals surface area contributed by atoms with Crippen LogP contribution in [0.5, 0.6) is 0 Å². The Bertz CT molecular complexity index is 1020. The van der Waals surface area contributed by atoms with Gasteiger partial charge in [-0.05, 0) is 31.2 Å². The van der Waals surface area contributed by atoms with E-state index in [0.29, 0.717) is 0 Å². The number of pyridine rings is 1. The molecular formula is C24H28F2N2O8. The second kappa shape index (κ2) is 15.0. The maximum atomic E-state index is 15.3. The van der Waals surface area contributed by atoms with E-state index < -0.39 is 60.3 Å². The van der Waals surface area contributed by atoms with Crippen molar-refractivity contribution in [2.45, 2.75) is 52.9 Å². The topological polar surface area (TPSA) is 143 Å². The van der Waals surface area contributed by atoms with Gasteiger partial charge in [0.25, 0.3) is 0 Å². The molecule has 0 aliphatic rings. The number of carboxylic acid groups (broad SMARTS) is 2. The fourth-order valence-electron chi connectivity index (χ4n) is 2.65. The number of nitrogens with zero attached hydrogens (tertiary/aromatic N) is 2. The number of anilines is 1. The first-order valence-electron chi connectivity index (χ1n) is 11.0. The van der Waals surface area contributed by atoms with Gasteiger partial charge in [0.2, 0.25) is 0 Å². The van der Waals surface area contributed by atoms with Gasteiger partial charge in [0.05, 0.1) is 16.9 Å². The number of rotatable bonds is 11. The lowest BCUT2D eigenvalue weighted by Crippen LogP contribution is -2.43. The van der Waals surface area contributed by atoms with Crippen molar-refractivity contribution in [3.05, 3.63) is 48.2 Å². The predicted octanol–water partition coefficient (Wildman–Crippen LogP) is 3.98. The SMILES string of the molecule is CCCC.CCN(c1ccc(F)c(-c2ccccn2)c1F)C(OC(=O)CC(=O)O)OC(=O)CC(=O)O. The van der Waals surface area contributed by atoms with E-state index in [9.17, 15) is 23.6 Å². The molecule has 0 saturated heterocycles. The smallest absolute Gasteiger partial charge is 0.332 e. The molecule has 1 heterocycles. The van der Waals surface area contributed by atoms with Gasteiger partial charge in [-0.25, -0.2) is 8.78 Å². The summed E-state index contributed by atoms with van der Waals surface area (Å²) in [6, 6.07) is 6.32. The summed E-state index contributed by atoms with van der Waals surface area (Å²) in [6.45, 7) is 5.64. The van der Waals surface area contributed by atoms with Crippen molar-refractivity contribution >= 4 is 29.6 Å². The minimum Gasteiger partial charge on any atom is -0.481 e. The number of halogens is 2. The average Bonchev–Trinajstić information content (AvgIpc) is 2.80. The van der Waals surface area contributed by atoms with Crippen molar-refractivity contribution < 1.29 is 47.6 Å². The van der Waals surface area contributed by atoms with Crippen LogP contribution >= 0.6 is 0 Å². The Labute approximate surface area is 206 Å². The van der Waals surface area contributed by atoms with Crippen LogP contribution in [0.3, 0.4) is 0 Å². The van der Waals surface area contributed by atoms with E-state index >= 15 is 4.39 Å². The summed E-state index contributed by atoms with van der Waals surface area (Å²) in [5, 5.41) is 17.5. The molecule has 0 radical (unpaired) electrons. The molecule has 1 aromatic carbocycles. The normalized spacial score (nSPS) is 10.2. The van der Waals surface area contributed by atoms with E-state index in [1.165, 1.54) is 38.1 Å². The summed E-state index contributed by atoms with van der Waals surface area (Å²) >= 11 is 0. The monoisotopic (exact) mass is 510 g/mol. The molecule has 0 saturated carbocycles. The highest BCUT2D eigenvalue weighted by Gasteiger charge is 2.31. The average molecular weight is 510 g/mol. The lowest BCUT2D eigenvalue weighted by molar-refractivity contribution is -0.188. The van der Waals surface area contributed by atoms with Crippen molar-refractivity contribution in [2.24, 2.45) is 0 Å². The number of carbonyl (C=O) groups excluding carboxylic acids is 2. The number of carboxylic acids is 2. The molecule has 0 amide bonds. The molecule has 10 nitrogen and oxygen atoms in total. The Hall–Kier alpha value is -4.09. The number of benzene rings is 1. The van der Waals surface area contributed by atoms with Gasteiger partial charge in [-0.2, -0.15) is 0 Å². The van der Waals surface area contributed by atoms with Crippen molar-refractivity contribution in [1.29, 1.82) is 0 Å². The molecule has 1 aromatic heterocycles. The number of aliphatic carboxylic acids is 2. The highest BCUT2D eigenvalue weighted by Crippen LogP contribution is 2.32. The predicted molar refractivity (Wildman–Crippen MR) is 124 cm³/mol. The van der Waals surface area contributed by atoms with Crippen LogP contribution in [0.15, 0.2) is 36.5 Å². The zero-order valence-electron chi connectivity index (χ0n) is 20.1. The first kappa shape index (κ1) is 29.9. The number of aromatic nitrogens is 1. The molecular weight excluding hydrogens is 482 g/mol. The Kier molecular flexibility index (Phi) is 12.5. The first-order chi connectivity index (χ1) is 17.0.